The van der Waals surface area contributed by atoms with E-state index in [1.165, 1.54) is 82.1 Å². The fraction of sp³-hybridized carbons (Fsp3) is 0. The Hall–Kier alpha value is -6.05. The number of hydrogen-bond acceptors (Lipinski definition) is 6. The van der Waals surface area contributed by atoms with E-state index < -0.39 is 0 Å². The van der Waals surface area contributed by atoms with Crippen LogP contribution in [0.3, 0.4) is 0 Å². The molecule has 3 nitrogen and oxygen atoms in total. The molecule has 4 heterocycles. The molecule has 0 unspecified atom stereocenters. The lowest BCUT2D eigenvalue weighted by atomic mass is 9.98. The second-order valence-electron chi connectivity index (χ2n) is 13.5. The number of fused-ring (bicyclic) bond motifs is 13. The van der Waals surface area contributed by atoms with E-state index in [1.807, 2.05) is 34.0 Å². The molecule has 0 aliphatic heterocycles. The first kappa shape index (κ1) is 29.5. The van der Waals surface area contributed by atoms with Crippen LogP contribution in [-0.2, 0) is 0 Å². The molecule has 4 aromatic heterocycles. The topological polar surface area (TPSA) is 38.7 Å². The molecule has 0 N–H and O–H groups in total. The maximum Gasteiger partial charge on any atom is 0.164 e. The second-order valence-corrected chi connectivity index (χ2v) is 16.7. The lowest BCUT2D eigenvalue weighted by Crippen LogP contribution is -2.01. The van der Waals surface area contributed by atoms with Gasteiger partial charge in [-0.3, -0.25) is 0 Å². The van der Waals surface area contributed by atoms with Gasteiger partial charge < -0.3 is 0 Å². The van der Waals surface area contributed by atoms with Crippen molar-refractivity contribution in [3.05, 3.63) is 152 Å². The highest BCUT2D eigenvalue weighted by Crippen LogP contribution is 2.46. The first-order chi connectivity index (χ1) is 26.2. The molecule has 8 aromatic carbocycles. The fourth-order valence-electron chi connectivity index (χ4n) is 8.08. The Morgan fingerprint density at radius 1 is 0.321 bits per heavy atom. The Balaban J connectivity index is 1.22. The van der Waals surface area contributed by atoms with Crippen LogP contribution in [0.1, 0.15) is 0 Å². The van der Waals surface area contributed by atoms with Gasteiger partial charge in [-0.05, 0) is 70.1 Å². The van der Waals surface area contributed by atoms with E-state index in [0.717, 1.165) is 16.7 Å². The van der Waals surface area contributed by atoms with Gasteiger partial charge in [0.15, 0.2) is 17.5 Å². The van der Waals surface area contributed by atoms with Crippen LogP contribution in [0.4, 0.5) is 0 Å². The number of hydrogen-bond donors (Lipinski definition) is 0. The minimum atomic E-state index is 0.670. The number of rotatable bonds is 3. The van der Waals surface area contributed by atoms with Gasteiger partial charge in [0.2, 0.25) is 0 Å². The van der Waals surface area contributed by atoms with Crippen molar-refractivity contribution < 1.29 is 0 Å². The molecule has 0 aliphatic carbocycles. The van der Waals surface area contributed by atoms with Crippen molar-refractivity contribution in [3.63, 3.8) is 0 Å². The predicted octanol–water partition coefficient (Wildman–Crippen LogP) is 14.3. The van der Waals surface area contributed by atoms with E-state index in [9.17, 15) is 0 Å². The molecule has 0 saturated carbocycles. The molecule has 53 heavy (non-hydrogen) atoms. The SMILES string of the molecule is c1ccc2c(c1)cc(-c1nc(-c3ccc4sc5ccccc5c4c3)nc(-c3cc4ccccc4c4sc5ccccc5c34)n1)c1c3ccccc3sc21. The summed E-state index contributed by atoms with van der Waals surface area (Å²) in [7, 11) is 0. The molecule has 12 rings (SSSR count). The van der Waals surface area contributed by atoms with Crippen molar-refractivity contribution in [3.8, 4) is 34.2 Å². The molecule has 0 fully saturated rings. The normalized spacial score (nSPS) is 12.2. The van der Waals surface area contributed by atoms with Gasteiger partial charge in [-0.15, -0.1) is 34.0 Å². The van der Waals surface area contributed by atoms with Crippen LogP contribution < -0.4 is 0 Å². The van der Waals surface area contributed by atoms with Crippen molar-refractivity contribution in [2.75, 3.05) is 0 Å². The predicted molar refractivity (Wildman–Crippen MR) is 230 cm³/mol. The van der Waals surface area contributed by atoms with E-state index in [-0.39, 0.29) is 0 Å². The average molecular weight is 728 g/mol. The Morgan fingerprint density at radius 2 is 0.755 bits per heavy atom. The quantitative estimate of drug-likeness (QED) is 0.182. The van der Waals surface area contributed by atoms with Crippen LogP contribution in [0.25, 0.3) is 116 Å². The van der Waals surface area contributed by atoms with Gasteiger partial charge in [-0.25, -0.2) is 15.0 Å². The van der Waals surface area contributed by atoms with Crippen LogP contribution in [0, 0.1) is 0 Å². The molecular formula is C47H25N3S3. The number of aromatic nitrogens is 3. The van der Waals surface area contributed by atoms with Crippen molar-refractivity contribution in [2.24, 2.45) is 0 Å². The second kappa shape index (κ2) is 11.2. The minimum absolute atomic E-state index is 0.670. The van der Waals surface area contributed by atoms with E-state index >= 15 is 0 Å². The Labute approximate surface area is 315 Å². The summed E-state index contributed by atoms with van der Waals surface area (Å²) in [6.45, 7) is 0. The molecule has 6 heteroatoms. The molecule has 0 saturated heterocycles. The van der Waals surface area contributed by atoms with Crippen molar-refractivity contribution in [1.82, 2.24) is 15.0 Å². The maximum atomic E-state index is 5.48. The van der Waals surface area contributed by atoms with Crippen LogP contribution in [0.15, 0.2) is 152 Å². The summed E-state index contributed by atoms with van der Waals surface area (Å²) in [6, 6.07) is 54.6. The molecule has 0 spiro atoms. The van der Waals surface area contributed by atoms with Gasteiger partial charge in [0.25, 0.3) is 0 Å². The molecule has 0 bridgehead atoms. The first-order valence-electron chi connectivity index (χ1n) is 17.6. The van der Waals surface area contributed by atoms with E-state index in [1.54, 1.807) is 0 Å². The fourth-order valence-corrected chi connectivity index (χ4v) is 11.7. The van der Waals surface area contributed by atoms with Crippen LogP contribution in [0.2, 0.25) is 0 Å². The third kappa shape index (κ3) is 4.40. The molecule has 246 valence electrons. The summed E-state index contributed by atoms with van der Waals surface area (Å²) < 4.78 is 7.56. The lowest BCUT2D eigenvalue weighted by Gasteiger charge is -2.13. The summed E-state index contributed by atoms with van der Waals surface area (Å²) >= 11 is 5.51. The summed E-state index contributed by atoms with van der Waals surface area (Å²) in [5.41, 5.74) is 3.02. The number of thiophene rings is 3. The van der Waals surface area contributed by atoms with Gasteiger partial charge in [0, 0.05) is 77.2 Å². The maximum absolute atomic E-state index is 5.48. The summed E-state index contributed by atoms with van der Waals surface area (Å²) in [5.74, 6) is 2.03. The highest BCUT2D eigenvalue weighted by Gasteiger charge is 2.22. The molecule has 0 radical (unpaired) electrons. The van der Waals surface area contributed by atoms with Gasteiger partial charge >= 0.3 is 0 Å². The van der Waals surface area contributed by atoms with E-state index in [4.69, 9.17) is 15.0 Å². The summed E-state index contributed by atoms with van der Waals surface area (Å²) in [4.78, 5) is 16.3. The smallest absolute Gasteiger partial charge is 0.164 e. The van der Waals surface area contributed by atoms with Gasteiger partial charge in [0.05, 0.1) is 0 Å². The van der Waals surface area contributed by atoms with Crippen molar-refractivity contribution >= 4 is 116 Å². The highest BCUT2D eigenvalue weighted by molar-refractivity contribution is 7.27. The lowest BCUT2D eigenvalue weighted by molar-refractivity contribution is 1.08. The summed E-state index contributed by atoms with van der Waals surface area (Å²) in [5, 5.41) is 12.1. The highest BCUT2D eigenvalue weighted by atomic mass is 32.1. The van der Waals surface area contributed by atoms with Gasteiger partial charge in [-0.2, -0.15) is 0 Å². The molecule has 0 aliphatic rings. The molecular weight excluding hydrogens is 703 g/mol. The Morgan fingerprint density at radius 3 is 1.32 bits per heavy atom. The third-order valence-electron chi connectivity index (χ3n) is 10.5. The Kier molecular flexibility index (Phi) is 6.25. The zero-order chi connectivity index (χ0) is 34.6. The van der Waals surface area contributed by atoms with Crippen molar-refractivity contribution in [1.29, 1.82) is 0 Å². The monoisotopic (exact) mass is 727 g/mol. The minimum Gasteiger partial charge on any atom is -0.208 e. The van der Waals surface area contributed by atoms with Crippen molar-refractivity contribution in [2.45, 2.75) is 0 Å². The number of benzene rings is 8. The molecule has 0 amide bonds. The first-order valence-corrected chi connectivity index (χ1v) is 20.0. The molecule has 12 aromatic rings. The number of nitrogens with zero attached hydrogens (tertiary/aromatic N) is 3. The molecule has 0 atom stereocenters. The van der Waals surface area contributed by atoms with Crippen LogP contribution in [-0.4, -0.2) is 15.0 Å². The van der Waals surface area contributed by atoms with Gasteiger partial charge in [-0.1, -0.05) is 103 Å². The standard InChI is InChI=1S/C47H25N3S3/c1-3-13-29-26(11-1)23-35(41-32-16-6-9-19-38(32)52-43(29)41)46-48-45(28-21-22-40-34(25-28)31-15-5-8-18-37(31)51-40)49-47(50-46)36-24-27-12-2-4-14-30(27)44-42(36)33-17-7-10-20-39(33)53-44/h1-25H. The van der Waals surface area contributed by atoms with E-state index in [0.29, 0.717) is 17.5 Å². The zero-order valence-corrected chi connectivity index (χ0v) is 30.4. The zero-order valence-electron chi connectivity index (χ0n) is 28.0. The summed E-state index contributed by atoms with van der Waals surface area (Å²) in [6.07, 6.45) is 0. The Bertz CT molecular complexity index is 3310. The van der Waals surface area contributed by atoms with Crippen LogP contribution >= 0.6 is 34.0 Å². The largest absolute Gasteiger partial charge is 0.208 e. The average Bonchev–Trinajstić information content (AvgIpc) is 3.92. The van der Waals surface area contributed by atoms with Gasteiger partial charge in [0.1, 0.15) is 0 Å². The third-order valence-corrected chi connectivity index (χ3v) is 14.1. The van der Waals surface area contributed by atoms with E-state index in [2.05, 4.69) is 152 Å². The van der Waals surface area contributed by atoms with Crippen LogP contribution in [0.5, 0.6) is 0 Å².